The molecule has 90 valence electrons. The number of aromatic nitrogens is 1. The molecule has 1 amide bonds. The third-order valence-corrected chi connectivity index (χ3v) is 3.42. The first-order valence-corrected chi connectivity index (χ1v) is 6.10. The maximum atomic E-state index is 12.3. The summed E-state index contributed by atoms with van der Waals surface area (Å²) in [6.07, 6.45) is 1.58. The van der Waals surface area contributed by atoms with Gasteiger partial charge in [-0.3, -0.25) is 4.79 Å². The lowest BCUT2D eigenvalue weighted by Crippen LogP contribution is -2.25. The lowest BCUT2D eigenvalue weighted by Gasteiger charge is -2.15. The van der Waals surface area contributed by atoms with Gasteiger partial charge in [-0.15, -0.1) is 0 Å². The summed E-state index contributed by atoms with van der Waals surface area (Å²) in [7, 11) is 0. The number of amides is 1. The van der Waals surface area contributed by atoms with Crippen LogP contribution in [0.3, 0.4) is 0 Å². The van der Waals surface area contributed by atoms with E-state index in [9.17, 15) is 4.79 Å². The average Bonchev–Trinajstić information content (AvgIpc) is 2.82. The van der Waals surface area contributed by atoms with E-state index in [1.54, 1.807) is 23.2 Å². The summed E-state index contributed by atoms with van der Waals surface area (Å²) in [4.78, 5) is 18.1. The molecule has 1 aliphatic rings. The third-order valence-electron chi connectivity index (χ3n) is 3.12. The smallest absolute Gasteiger partial charge is 0.257 e. The van der Waals surface area contributed by atoms with Crippen LogP contribution in [0.15, 0.2) is 42.6 Å². The van der Waals surface area contributed by atoms with Crippen molar-refractivity contribution in [2.75, 3.05) is 0 Å². The second-order valence-corrected chi connectivity index (χ2v) is 4.63. The number of fused-ring (bicyclic) bond motifs is 1. The Kier molecular flexibility index (Phi) is 2.76. The first-order chi connectivity index (χ1) is 8.75. The minimum atomic E-state index is -0.0655. The predicted octanol–water partition coefficient (Wildman–Crippen LogP) is 2.89. The van der Waals surface area contributed by atoms with Crippen LogP contribution in [0.25, 0.3) is 0 Å². The molecule has 1 aromatic carbocycles. The zero-order chi connectivity index (χ0) is 12.5. The van der Waals surface area contributed by atoms with Crippen molar-refractivity contribution in [3.05, 3.63) is 64.4 Å². The van der Waals surface area contributed by atoms with E-state index in [0.29, 0.717) is 18.7 Å². The van der Waals surface area contributed by atoms with Crippen molar-refractivity contribution in [3.63, 3.8) is 0 Å². The van der Waals surface area contributed by atoms with Gasteiger partial charge in [0.25, 0.3) is 5.91 Å². The van der Waals surface area contributed by atoms with Gasteiger partial charge in [0, 0.05) is 19.3 Å². The molecule has 2 aromatic rings. The van der Waals surface area contributed by atoms with Crippen molar-refractivity contribution < 1.29 is 4.79 Å². The van der Waals surface area contributed by atoms with Crippen LogP contribution in [0.1, 0.15) is 21.5 Å². The lowest BCUT2D eigenvalue weighted by molar-refractivity contribution is 0.0751. The van der Waals surface area contributed by atoms with Crippen LogP contribution < -0.4 is 0 Å². The van der Waals surface area contributed by atoms with Gasteiger partial charge in [0.05, 0.1) is 5.56 Å². The molecule has 3 rings (SSSR count). The van der Waals surface area contributed by atoms with Crippen molar-refractivity contribution >= 4 is 17.5 Å². The van der Waals surface area contributed by atoms with Crippen molar-refractivity contribution in [2.45, 2.75) is 13.1 Å². The number of carbonyl (C=O) groups is 1. The van der Waals surface area contributed by atoms with E-state index in [-0.39, 0.29) is 11.1 Å². The highest BCUT2D eigenvalue weighted by atomic mass is 35.5. The molecule has 3 nitrogen and oxygen atoms in total. The molecule has 1 aliphatic heterocycles. The van der Waals surface area contributed by atoms with Crippen LogP contribution >= 0.6 is 11.6 Å². The summed E-state index contributed by atoms with van der Waals surface area (Å²) >= 11 is 5.95. The number of pyridine rings is 1. The molecule has 0 N–H and O–H groups in total. The minimum absolute atomic E-state index is 0.0655. The van der Waals surface area contributed by atoms with Crippen LogP contribution in [-0.2, 0) is 13.1 Å². The molecule has 0 fully saturated rings. The van der Waals surface area contributed by atoms with Gasteiger partial charge in [-0.25, -0.2) is 4.98 Å². The fourth-order valence-corrected chi connectivity index (χ4v) is 2.39. The van der Waals surface area contributed by atoms with Gasteiger partial charge < -0.3 is 4.90 Å². The second-order valence-electron chi connectivity index (χ2n) is 4.27. The zero-order valence-corrected chi connectivity index (χ0v) is 10.4. The van der Waals surface area contributed by atoms with Crippen molar-refractivity contribution in [1.29, 1.82) is 0 Å². The predicted molar refractivity (Wildman–Crippen MR) is 69.3 cm³/mol. The van der Waals surface area contributed by atoms with Crippen molar-refractivity contribution in [3.8, 4) is 0 Å². The largest absolute Gasteiger partial charge is 0.330 e. The van der Waals surface area contributed by atoms with E-state index in [1.807, 2.05) is 24.3 Å². The monoisotopic (exact) mass is 258 g/mol. The van der Waals surface area contributed by atoms with Crippen LogP contribution in [-0.4, -0.2) is 15.8 Å². The van der Waals surface area contributed by atoms with Crippen molar-refractivity contribution in [2.24, 2.45) is 0 Å². The first-order valence-electron chi connectivity index (χ1n) is 5.72. The SMILES string of the molecule is O=C(c1cccnc1Cl)N1Cc2ccccc2C1. The van der Waals surface area contributed by atoms with E-state index in [4.69, 9.17) is 11.6 Å². The zero-order valence-electron chi connectivity index (χ0n) is 9.64. The standard InChI is InChI=1S/C14H11ClN2O/c15-13-12(6-3-7-16-13)14(18)17-8-10-4-1-2-5-11(10)9-17/h1-7H,8-9H2. The third kappa shape index (κ3) is 1.87. The van der Waals surface area contributed by atoms with E-state index in [0.717, 1.165) is 0 Å². The van der Waals surface area contributed by atoms with Gasteiger partial charge >= 0.3 is 0 Å². The molecule has 0 aliphatic carbocycles. The summed E-state index contributed by atoms with van der Waals surface area (Å²) in [6.45, 7) is 1.28. The van der Waals surface area contributed by atoms with Gasteiger partial charge in [0.15, 0.2) is 0 Å². The van der Waals surface area contributed by atoms with Gasteiger partial charge in [0.1, 0.15) is 5.15 Å². The topological polar surface area (TPSA) is 33.2 Å². The maximum Gasteiger partial charge on any atom is 0.257 e. The quantitative estimate of drug-likeness (QED) is 0.737. The van der Waals surface area contributed by atoms with Gasteiger partial charge in [-0.1, -0.05) is 35.9 Å². The number of rotatable bonds is 1. The van der Waals surface area contributed by atoms with Gasteiger partial charge in [-0.2, -0.15) is 0 Å². The summed E-state index contributed by atoms with van der Waals surface area (Å²) in [5.41, 5.74) is 2.86. The molecular weight excluding hydrogens is 248 g/mol. The number of hydrogen-bond donors (Lipinski definition) is 0. The fourth-order valence-electron chi connectivity index (χ4n) is 2.19. The number of hydrogen-bond acceptors (Lipinski definition) is 2. The Bertz CT molecular complexity index is 587. The molecule has 0 saturated carbocycles. The molecule has 0 bridgehead atoms. The summed E-state index contributed by atoms with van der Waals surface area (Å²) in [5.74, 6) is -0.0655. The molecule has 0 atom stereocenters. The van der Waals surface area contributed by atoms with E-state index < -0.39 is 0 Å². The van der Waals surface area contributed by atoms with Crippen LogP contribution in [0.5, 0.6) is 0 Å². The Labute approximate surface area is 110 Å². The first kappa shape index (κ1) is 11.2. The van der Waals surface area contributed by atoms with Crippen molar-refractivity contribution in [1.82, 2.24) is 9.88 Å². The molecule has 18 heavy (non-hydrogen) atoms. The highest BCUT2D eigenvalue weighted by Gasteiger charge is 2.25. The average molecular weight is 259 g/mol. The molecule has 2 heterocycles. The van der Waals surface area contributed by atoms with Gasteiger partial charge in [0.2, 0.25) is 0 Å². The molecule has 0 unspecified atom stereocenters. The summed E-state index contributed by atoms with van der Waals surface area (Å²) in [6, 6.07) is 11.5. The molecule has 4 heteroatoms. The summed E-state index contributed by atoms with van der Waals surface area (Å²) < 4.78 is 0. The number of benzene rings is 1. The highest BCUT2D eigenvalue weighted by Crippen LogP contribution is 2.25. The number of nitrogens with zero attached hydrogens (tertiary/aromatic N) is 2. The molecular formula is C14H11ClN2O. The fraction of sp³-hybridized carbons (Fsp3) is 0.143. The maximum absolute atomic E-state index is 12.3. The number of carbonyl (C=O) groups excluding carboxylic acids is 1. The Balaban J connectivity index is 1.87. The highest BCUT2D eigenvalue weighted by molar-refractivity contribution is 6.32. The molecule has 0 spiro atoms. The normalized spacial score (nSPS) is 13.5. The molecule has 0 radical (unpaired) electrons. The lowest BCUT2D eigenvalue weighted by atomic mass is 10.1. The van der Waals surface area contributed by atoms with E-state index in [1.165, 1.54) is 11.1 Å². The van der Waals surface area contributed by atoms with Crippen LogP contribution in [0.2, 0.25) is 5.15 Å². The Morgan fingerprint density at radius 3 is 2.39 bits per heavy atom. The molecule has 0 saturated heterocycles. The number of halogens is 1. The Morgan fingerprint density at radius 1 is 1.11 bits per heavy atom. The van der Waals surface area contributed by atoms with E-state index in [2.05, 4.69) is 4.98 Å². The second kappa shape index (κ2) is 4.42. The minimum Gasteiger partial charge on any atom is -0.330 e. The van der Waals surface area contributed by atoms with Gasteiger partial charge in [-0.05, 0) is 23.3 Å². The Morgan fingerprint density at radius 2 is 1.78 bits per heavy atom. The molecule has 1 aromatic heterocycles. The Hall–Kier alpha value is -1.87. The summed E-state index contributed by atoms with van der Waals surface area (Å²) in [5, 5.41) is 0.262. The van der Waals surface area contributed by atoms with Crippen LogP contribution in [0, 0.1) is 0 Å². The van der Waals surface area contributed by atoms with Crippen LogP contribution in [0.4, 0.5) is 0 Å². The van der Waals surface area contributed by atoms with E-state index >= 15 is 0 Å².